The Balaban J connectivity index is 2.02. The van der Waals surface area contributed by atoms with Gasteiger partial charge in [-0.25, -0.2) is 9.78 Å². The van der Waals surface area contributed by atoms with E-state index in [1.54, 1.807) is 13.0 Å². The van der Waals surface area contributed by atoms with E-state index in [0.29, 0.717) is 35.0 Å². The van der Waals surface area contributed by atoms with Gasteiger partial charge in [-0.05, 0) is 30.7 Å². The number of rotatable bonds is 5. The fourth-order valence-electron chi connectivity index (χ4n) is 2.10. The summed E-state index contributed by atoms with van der Waals surface area (Å²) in [6.45, 7) is 7.47. The summed E-state index contributed by atoms with van der Waals surface area (Å²) in [7, 11) is 0. The van der Waals surface area contributed by atoms with Gasteiger partial charge in [0.25, 0.3) is 0 Å². The molecule has 0 spiro atoms. The van der Waals surface area contributed by atoms with E-state index in [9.17, 15) is 4.79 Å². The normalized spacial score (nSPS) is 19.8. The highest BCUT2D eigenvalue weighted by Gasteiger charge is 2.44. The van der Waals surface area contributed by atoms with Crippen molar-refractivity contribution in [2.24, 2.45) is 11.3 Å². The van der Waals surface area contributed by atoms with Crippen LogP contribution in [-0.2, 0) is 4.74 Å². The summed E-state index contributed by atoms with van der Waals surface area (Å²) in [4.78, 5) is 15.9. The molecule has 1 aromatic heterocycles. The first-order valence-corrected chi connectivity index (χ1v) is 6.60. The molecule has 0 aliphatic heterocycles. The molecule has 1 saturated carbocycles. The lowest BCUT2D eigenvalue weighted by molar-refractivity contribution is 0.0527. The molecule has 1 aliphatic rings. The maximum Gasteiger partial charge on any atom is 0.340 e. The minimum absolute atomic E-state index is 0.333. The molecule has 104 valence electrons. The predicted octanol–water partition coefficient (Wildman–Crippen LogP) is 2.30. The molecule has 5 heteroatoms. The third-order valence-corrected chi connectivity index (χ3v) is 3.68. The predicted molar refractivity (Wildman–Crippen MR) is 75.0 cm³/mol. The molecular formula is C14H21N3O2. The molecule has 1 unspecified atom stereocenters. The first-order valence-electron chi connectivity index (χ1n) is 6.60. The number of carbonyl (C=O) groups excluding carboxylic acids is 1. The summed E-state index contributed by atoms with van der Waals surface area (Å²) < 4.78 is 4.96. The number of nitrogens with zero attached hydrogens (tertiary/aromatic N) is 1. The van der Waals surface area contributed by atoms with Crippen molar-refractivity contribution >= 4 is 17.5 Å². The average Bonchev–Trinajstić information content (AvgIpc) is 2.96. The average molecular weight is 263 g/mol. The maximum absolute atomic E-state index is 11.7. The second-order valence-electron chi connectivity index (χ2n) is 5.65. The lowest BCUT2D eigenvalue weighted by Crippen LogP contribution is -2.12. The van der Waals surface area contributed by atoms with Gasteiger partial charge in [-0.1, -0.05) is 13.8 Å². The highest BCUT2D eigenvalue weighted by molar-refractivity contribution is 5.95. The summed E-state index contributed by atoms with van der Waals surface area (Å²) in [6.07, 6.45) is 2.71. The Kier molecular flexibility index (Phi) is 3.64. The van der Waals surface area contributed by atoms with Crippen molar-refractivity contribution in [2.75, 3.05) is 24.2 Å². The van der Waals surface area contributed by atoms with E-state index in [1.807, 2.05) is 0 Å². The Morgan fingerprint density at radius 1 is 1.63 bits per heavy atom. The molecule has 3 N–H and O–H groups in total. The van der Waals surface area contributed by atoms with E-state index in [2.05, 4.69) is 24.1 Å². The van der Waals surface area contributed by atoms with Gasteiger partial charge in [0.2, 0.25) is 0 Å². The lowest BCUT2D eigenvalue weighted by Gasteiger charge is -2.10. The molecule has 0 radical (unpaired) electrons. The van der Waals surface area contributed by atoms with Crippen molar-refractivity contribution < 1.29 is 9.53 Å². The second kappa shape index (κ2) is 5.07. The first kappa shape index (κ1) is 13.6. The molecule has 1 aliphatic carbocycles. The zero-order valence-electron chi connectivity index (χ0n) is 11.7. The summed E-state index contributed by atoms with van der Waals surface area (Å²) in [5.41, 5.74) is 6.88. The molecular weight excluding hydrogens is 242 g/mol. The molecule has 5 nitrogen and oxygen atoms in total. The number of nitrogens with one attached hydrogen (secondary N) is 1. The van der Waals surface area contributed by atoms with Crippen LogP contribution in [0.15, 0.2) is 12.3 Å². The lowest BCUT2D eigenvalue weighted by atomic mass is 10.1. The van der Waals surface area contributed by atoms with Gasteiger partial charge in [-0.15, -0.1) is 0 Å². The molecule has 2 rings (SSSR count). The van der Waals surface area contributed by atoms with Crippen LogP contribution in [0.4, 0.5) is 11.5 Å². The van der Waals surface area contributed by atoms with Crippen molar-refractivity contribution in [3.63, 3.8) is 0 Å². The Morgan fingerprint density at radius 2 is 2.32 bits per heavy atom. The third-order valence-electron chi connectivity index (χ3n) is 3.68. The molecule has 0 bridgehead atoms. The summed E-state index contributed by atoms with van der Waals surface area (Å²) in [5, 5.41) is 3.25. The fourth-order valence-corrected chi connectivity index (χ4v) is 2.10. The van der Waals surface area contributed by atoms with E-state index < -0.39 is 5.97 Å². The van der Waals surface area contributed by atoms with E-state index >= 15 is 0 Å². The van der Waals surface area contributed by atoms with Gasteiger partial charge in [0, 0.05) is 6.54 Å². The molecule has 1 aromatic rings. The summed E-state index contributed by atoms with van der Waals surface area (Å²) >= 11 is 0. The summed E-state index contributed by atoms with van der Waals surface area (Å²) in [6, 6.07) is 1.66. The molecule has 1 fully saturated rings. The highest BCUT2D eigenvalue weighted by atomic mass is 16.5. The van der Waals surface area contributed by atoms with Crippen LogP contribution in [-0.4, -0.2) is 24.1 Å². The molecule has 19 heavy (non-hydrogen) atoms. The molecule has 0 saturated heterocycles. The Labute approximate surface area is 113 Å². The van der Waals surface area contributed by atoms with Gasteiger partial charge in [0.15, 0.2) is 0 Å². The number of ether oxygens (including phenoxy) is 1. The topological polar surface area (TPSA) is 77.2 Å². The van der Waals surface area contributed by atoms with E-state index in [0.717, 1.165) is 6.54 Å². The maximum atomic E-state index is 11.7. The molecule has 0 aromatic carbocycles. The Bertz CT molecular complexity index is 486. The van der Waals surface area contributed by atoms with Crippen LogP contribution in [0.2, 0.25) is 0 Å². The number of carbonyl (C=O) groups is 1. The molecule has 1 atom stereocenters. The van der Waals surface area contributed by atoms with Gasteiger partial charge >= 0.3 is 5.97 Å². The van der Waals surface area contributed by atoms with Crippen LogP contribution in [0.3, 0.4) is 0 Å². The Hall–Kier alpha value is -1.78. The number of hydrogen-bond donors (Lipinski definition) is 2. The van der Waals surface area contributed by atoms with E-state index in [1.165, 1.54) is 12.6 Å². The number of nitrogens with two attached hydrogens (primary N) is 1. The zero-order valence-corrected chi connectivity index (χ0v) is 11.7. The van der Waals surface area contributed by atoms with Crippen LogP contribution in [0.5, 0.6) is 0 Å². The Morgan fingerprint density at radius 3 is 2.89 bits per heavy atom. The molecule has 0 amide bonds. The SMILES string of the molecule is CCOC(=O)c1cc(NCC2CC2(C)C)ncc1N. The monoisotopic (exact) mass is 263 g/mol. The molecule has 1 heterocycles. The van der Waals surface area contributed by atoms with Crippen LogP contribution >= 0.6 is 0 Å². The van der Waals surface area contributed by atoms with E-state index in [-0.39, 0.29) is 0 Å². The van der Waals surface area contributed by atoms with Gasteiger partial charge in [0.1, 0.15) is 5.82 Å². The number of pyridine rings is 1. The number of aromatic nitrogens is 1. The second-order valence-corrected chi connectivity index (χ2v) is 5.65. The van der Waals surface area contributed by atoms with E-state index in [4.69, 9.17) is 10.5 Å². The standard InChI is InChI=1S/C14H21N3O2/c1-4-19-13(18)10-5-12(17-8-11(10)15)16-7-9-6-14(9,2)3/h5,8-9H,4,6-7,15H2,1-3H3,(H,16,17). The number of hydrogen-bond acceptors (Lipinski definition) is 5. The van der Waals surface area contributed by atoms with Crippen molar-refractivity contribution in [1.29, 1.82) is 0 Å². The van der Waals surface area contributed by atoms with Crippen molar-refractivity contribution in [2.45, 2.75) is 27.2 Å². The smallest absolute Gasteiger partial charge is 0.340 e. The quantitative estimate of drug-likeness (QED) is 0.797. The van der Waals surface area contributed by atoms with Crippen LogP contribution < -0.4 is 11.1 Å². The number of anilines is 2. The van der Waals surface area contributed by atoms with Crippen molar-refractivity contribution in [1.82, 2.24) is 4.98 Å². The fraction of sp³-hybridized carbons (Fsp3) is 0.571. The summed E-state index contributed by atoms with van der Waals surface area (Å²) in [5.74, 6) is 0.926. The number of esters is 1. The zero-order chi connectivity index (χ0) is 14.0. The van der Waals surface area contributed by atoms with Crippen LogP contribution in [0, 0.1) is 11.3 Å². The van der Waals surface area contributed by atoms with Gasteiger partial charge in [0.05, 0.1) is 24.1 Å². The van der Waals surface area contributed by atoms with Crippen molar-refractivity contribution in [3.8, 4) is 0 Å². The highest BCUT2D eigenvalue weighted by Crippen LogP contribution is 2.51. The minimum Gasteiger partial charge on any atom is -0.462 e. The van der Waals surface area contributed by atoms with Gasteiger partial charge in [-0.2, -0.15) is 0 Å². The van der Waals surface area contributed by atoms with Gasteiger partial charge in [-0.3, -0.25) is 0 Å². The van der Waals surface area contributed by atoms with Crippen LogP contribution in [0.25, 0.3) is 0 Å². The third kappa shape index (κ3) is 3.16. The largest absolute Gasteiger partial charge is 0.462 e. The first-order chi connectivity index (χ1) is 8.94. The number of nitrogen functional groups attached to an aromatic ring is 1. The minimum atomic E-state index is -0.405. The van der Waals surface area contributed by atoms with Gasteiger partial charge < -0.3 is 15.8 Å². The van der Waals surface area contributed by atoms with Crippen LogP contribution in [0.1, 0.15) is 37.6 Å². The van der Waals surface area contributed by atoms with Crippen molar-refractivity contribution in [3.05, 3.63) is 17.8 Å².